The van der Waals surface area contributed by atoms with E-state index >= 15 is 0 Å². The molecule has 4 N–H and O–H groups in total. The first-order chi connectivity index (χ1) is 15.6. The van der Waals surface area contributed by atoms with E-state index in [1.807, 2.05) is 0 Å². The number of halogens is 3. The Bertz CT molecular complexity index is 996. The predicted molar refractivity (Wildman–Crippen MR) is 111 cm³/mol. The first-order valence-corrected chi connectivity index (χ1v) is 9.92. The van der Waals surface area contributed by atoms with Crippen LogP contribution in [0.4, 0.5) is 29.3 Å². The number of benzene rings is 2. The quantitative estimate of drug-likeness (QED) is 0.397. The average Bonchev–Trinajstić information content (AvgIpc) is 2.79. The summed E-state index contributed by atoms with van der Waals surface area (Å²) in [5.41, 5.74) is 2.62. The zero-order chi connectivity index (χ0) is 24.0. The highest BCUT2D eigenvalue weighted by atomic mass is 19.4. The third kappa shape index (κ3) is 6.84. The van der Waals surface area contributed by atoms with Gasteiger partial charge in [-0.05, 0) is 61.4 Å². The SMILES string of the molecule is O=C(Nc1ccc(OC(F)(F)F)cc1)Nc1ccc(C(=O)N2CCCC(C(=O)NO)C2)cc1. The van der Waals surface area contributed by atoms with Gasteiger partial charge < -0.3 is 20.3 Å². The summed E-state index contributed by atoms with van der Waals surface area (Å²) in [5, 5.41) is 13.8. The molecule has 0 radical (unpaired) electrons. The molecule has 1 fully saturated rings. The number of ether oxygens (including phenoxy) is 1. The Morgan fingerprint density at radius 1 is 0.970 bits per heavy atom. The number of nitrogens with zero attached hydrogens (tertiary/aromatic N) is 1. The molecule has 9 nitrogen and oxygen atoms in total. The Kier molecular flexibility index (Phi) is 7.38. The van der Waals surface area contributed by atoms with Crippen molar-refractivity contribution in [1.82, 2.24) is 10.4 Å². The maximum Gasteiger partial charge on any atom is 0.573 e. The van der Waals surface area contributed by atoms with Gasteiger partial charge in [0.15, 0.2) is 0 Å². The van der Waals surface area contributed by atoms with Crippen LogP contribution in [0.25, 0.3) is 0 Å². The first-order valence-electron chi connectivity index (χ1n) is 9.92. The first kappa shape index (κ1) is 23.9. The van der Waals surface area contributed by atoms with Gasteiger partial charge in [0.2, 0.25) is 5.91 Å². The van der Waals surface area contributed by atoms with E-state index < -0.39 is 30.0 Å². The molecule has 4 amide bonds. The molecule has 1 aliphatic heterocycles. The topological polar surface area (TPSA) is 120 Å². The van der Waals surface area contributed by atoms with Crippen LogP contribution in [0, 0.1) is 5.92 Å². The highest BCUT2D eigenvalue weighted by molar-refractivity contribution is 6.00. The van der Waals surface area contributed by atoms with Crippen molar-refractivity contribution in [3.8, 4) is 5.75 Å². The van der Waals surface area contributed by atoms with E-state index in [1.54, 1.807) is 5.48 Å². The molecular weight excluding hydrogens is 445 g/mol. The molecule has 0 aromatic heterocycles. The molecule has 0 bridgehead atoms. The van der Waals surface area contributed by atoms with Gasteiger partial charge in [0.25, 0.3) is 5.91 Å². The van der Waals surface area contributed by atoms with Gasteiger partial charge in [-0.25, -0.2) is 10.3 Å². The number of anilines is 2. The van der Waals surface area contributed by atoms with Crippen LogP contribution >= 0.6 is 0 Å². The number of hydroxylamine groups is 1. The van der Waals surface area contributed by atoms with Gasteiger partial charge in [-0.15, -0.1) is 13.2 Å². The second-order valence-corrected chi connectivity index (χ2v) is 7.30. The van der Waals surface area contributed by atoms with E-state index in [0.29, 0.717) is 30.6 Å². The Morgan fingerprint density at radius 3 is 2.09 bits per heavy atom. The van der Waals surface area contributed by atoms with Crippen molar-refractivity contribution >= 4 is 29.2 Å². The summed E-state index contributed by atoms with van der Waals surface area (Å²) in [6.45, 7) is 0.684. The van der Waals surface area contributed by atoms with Crippen LogP contribution in [-0.2, 0) is 4.79 Å². The standard InChI is InChI=1S/C21H21F3N4O5/c22-21(23,24)33-17-9-7-16(8-10-17)26-20(31)25-15-5-3-13(4-6-15)19(30)28-11-1-2-14(12-28)18(29)27-32/h3-10,14,32H,1-2,11-12H2,(H,27,29)(H2,25,26,31). The normalized spacial score (nSPS) is 16.0. The van der Waals surface area contributed by atoms with E-state index in [-0.39, 0.29) is 18.1 Å². The molecule has 0 saturated carbocycles. The summed E-state index contributed by atoms with van der Waals surface area (Å²) in [4.78, 5) is 38.0. The van der Waals surface area contributed by atoms with E-state index in [1.165, 1.54) is 41.3 Å². The maximum absolute atomic E-state index is 12.7. The van der Waals surface area contributed by atoms with Crippen molar-refractivity contribution < 1.29 is 37.5 Å². The van der Waals surface area contributed by atoms with E-state index in [2.05, 4.69) is 15.4 Å². The van der Waals surface area contributed by atoms with E-state index in [4.69, 9.17) is 5.21 Å². The molecule has 1 aliphatic rings. The summed E-state index contributed by atoms with van der Waals surface area (Å²) in [5.74, 6) is -1.69. The number of amides is 4. The van der Waals surface area contributed by atoms with Crippen molar-refractivity contribution in [1.29, 1.82) is 0 Å². The van der Waals surface area contributed by atoms with Gasteiger partial charge in [0, 0.05) is 30.0 Å². The molecule has 176 valence electrons. The number of nitrogens with one attached hydrogen (secondary N) is 3. The predicted octanol–water partition coefficient (Wildman–Crippen LogP) is 3.59. The average molecular weight is 466 g/mol. The van der Waals surface area contributed by atoms with Crippen LogP contribution in [0.3, 0.4) is 0 Å². The lowest BCUT2D eigenvalue weighted by molar-refractivity contribution is -0.274. The van der Waals surface area contributed by atoms with E-state index in [0.717, 1.165) is 12.1 Å². The second kappa shape index (κ2) is 10.2. The van der Waals surface area contributed by atoms with Crippen LogP contribution in [0.5, 0.6) is 5.75 Å². The fourth-order valence-electron chi connectivity index (χ4n) is 3.38. The maximum atomic E-state index is 12.7. The number of carbonyl (C=O) groups is 3. The largest absolute Gasteiger partial charge is 0.573 e. The summed E-state index contributed by atoms with van der Waals surface area (Å²) in [7, 11) is 0. The molecule has 1 saturated heterocycles. The highest BCUT2D eigenvalue weighted by Crippen LogP contribution is 2.24. The molecular formula is C21H21F3N4O5. The van der Waals surface area contributed by atoms with Gasteiger partial charge >= 0.3 is 12.4 Å². The smallest absolute Gasteiger partial charge is 0.406 e. The van der Waals surface area contributed by atoms with Crippen LogP contribution in [0.1, 0.15) is 23.2 Å². The van der Waals surface area contributed by atoms with Gasteiger partial charge in [-0.3, -0.25) is 14.8 Å². The van der Waals surface area contributed by atoms with Gasteiger partial charge in [-0.1, -0.05) is 0 Å². The lowest BCUT2D eigenvalue weighted by Crippen LogP contribution is -2.44. The molecule has 2 aromatic rings. The zero-order valence-electron chi connectivity index (χ0n) is 17.2. The molecule has 0 spiro atoms. The van der Waals surface area contributed by atoms with Crippen molar-refractivity contribution in [2.45, 2.75) is 19.2 Å². The Balaban J connectivity index is 1.54. The molecule has 1 atom stereocenters. The summed E-state index contributed by atoms with van der Waals surface area (Å²) in [6.07, 6.45) is -3.59. The minimum atomic E-state index is -4.80. The van der Waals surface area contributed by atoms with Crippen molar-refractivity contribution in [3.05, 3.63) is 54.1 Å². The van der Waals surface area contributed by atoms with Gasteiger partial charge in [0.1, 0.15) is 5.75 Å². The fraction of sp³-hybridized carbons (Fsp3) is 0.286. The molecule has 33 heavy (non-hydrogen) atoms. The number of alkyl halides is 3. The monoisotopic (exact) mass is 466 g/mol. The fourth-order valence-corrected chi connectivity index (χ4v) is 3.38. The number of piperidine rings is 1. The molecule has 2 aromatic carbocycles. The summed E-state index contributed by atoms with van der Waals surface area (Å²) in [6, 6.07) is 10.1. The third-order valence-electron chi connectivity index (χ3n) is 4.93. The Morgan fingerprint density at radius 2 is 1.55 bits per heavy atom. The molecule has 1 unspecified atom stereocenters. The van der Waals surface area contributed by atoms with Crippen molar-refractivity contribution in [2.75, 3.05) is 23.7 Å². The highest BCUT2D eigenvalue weighted by Gasteiger charge is 2.31. The molecule has 0 aliphatic carbocycles. The van der Waals surface area contributed by atoms with Crippen LogP contribution in [-0.4, -0.2) is 47.4 Å². The Hall–Kier alpha value is -3.80. The molecule has 12 heteroatoms. The number of hydrogen-bond donors (Lipinski definition) is 4. The second-order valence-electron chi connectivity index (χ2n) is 7.30. The van der Waals surface area contributed by atoms with E-state index in [9.17, 15) is 27.6 Å². The van der Waals surface area contributed by atoms with Crippen molar-refractivity contribution in [3.63, 3.8) is 0 Å². The molecule has 3 rings (SSSR count). The summed E-state index contributed by atoms with van der Waals surface area (Å²) >= 11 is 0. The van der Waals surface area contributed by atoms with Gasteiger partial charge in [-0.2, -0.15) is 0 Å². The lowest BCUT2D eigenvalue weighted by Gasteiger charge is -2.31. The van der Waals surface area contributed by atoms with Crippen LogP contribution in [0.2, 0.25) is 0 Å². The van der Waals surface area contributed by atoms with Gasteiger partial charge in [0.05, 0.1) is 5.92 Å². The minimum Gasteiger partial charge on any atom is -0.406 e. The minimum absolute atomic E-state index is 0.195. The lowest BCUT2D eigenvalue weighted by atomic mass is 9.97. The summed E-state index contributed by atoms with van der Waals surface area (Å²) < 4.78 is 40.3. The molecule has 1 heterocycles. The number of urea groups is 1. The number of rotatable bonds is 5. The van der Waals surface area contributed by atoms with Crippen molar-refractivity contribution in [2.24, 2.45) is 5.92 Å². The number of carbonyl (C=O) groups excluding carboxylic acids is 3. The number of likely N-dealkylation sites (tertiary alicyclic amines) is 1. The number of hydrogen-bond acceptors (Lipinski definition) is 5. The van der Waals surface area contributed by atoms with Crippen LogP contribution in [0.15, 0.2) is 48.5 Å². The zero-order valence-corrected chi connectivity index (χ0v) is 17.2. The third-order valence-corrected chi connectivity index (χ3v) is 4.93. The Labute approximate surface area is 186 Å². The van der Waals surface area contributed by atoms with Crippen LogP contribution < -0.4 is 20.9 Å².